The average molecular weight is 259 g/mol. The van der Waals surface area contributed by atoms with Crippen molar-refractivity contribution in [1.29, 1.82) is 0 Å². The minimum atomic E-state index is -0.949. The highest BCUT2D eigenvalue weighted by Crippen LogP contribution is 2.17. The van der Waals surface area contributed by atoms with Crippen LogP contribution < -0.4 is 5.32 Å². The summed E-state index contributed by atoms with van der Waals surface area (Å²) in [6.07, 6.45) is -0.145. The largest absolute Gasteiger partial charge is 0.481 e. The number of carboxylic acids is 1. The molecular formula is C14H13NO4. The van der Waals surface area contributed by atoms with Gasteiger partial charge in [0.25, 0.3) is 5.91 Å². The summed E-state index contributed by atoms with van der Waals surface area (Å²) in [4.78, 5) is 22.7. The van der Waals surface area contributed by atoms with Gasteiger partial charge in [0.05, 0.1) is 6.42 Å². The number of aryl methyl sites for hydroxylation is 1. The lowest BCUT2D eigenvalue weighted by atomic mass is 10.1. The summed E-state index contributed by atoms with van der Waals surface area (Å²) in [6.45, 7) is 1.75. The zero-order chi connectivity index (χ0) is 13.8. The van der Waals surface area contributed by atoms with Gasteiger partial charge in [0.2, 0.25) is 0 Å². The Morgan fingerprint density at radius 1 is 1.21 bits per heavy atom. The fourth-order valence-electron chi connectivity index (χ4n) is 1.70. The second-order valence-corrected chi connectivity index (χ2v) is 4.09. The second kappa shape index (κ2) is 5.39. The van der Waals surface area contributed by atoms with E-state index >= 15 is 0 Å². The van der Waals surface area contributed by atoms with E-state index in [1.54, 1.807) is 43.3 Å². The van der Waals surface area contributed by atoms with E-state index in [-0.39, 0.29) is 12.2 Å². The second-order valence-electron chi connectivity index (χ2n) is 4.09. The first-order chi connectivity index (χ1) is 9.06. The zero-order valence-corrected chi connectivity index (χ0v) is 10.3. The highest BCUT2D eigenvalue weighted by atomic mass is 16.4. The molecular weight excluding hydrogens is 246 g/mol. The number of para-hydroxylation sites is 1. The highest BCUT2D eigenvalue weighted by molar-refractivity contribution is 6.02. The molecule has 98 valence electrons. The van der Waals surface area contributed by atoms with Crippen molar-refractivity contribution in [1.82, 2.24) is 0 Å². The molecule has 1 amide bonds. The summed E-state index contributed by atoms with van der Waals surface area (Å²) in [5.41, 5.74) is 1.02. The smallest absolute Gasteiger partial charge is 0.307 e. The maximum atomic E-state index is 11.9. The first-order valence-electron chi connectivity index (χ1n) is 5.74. The molecule has 5 nitrogen and oxygen atoms in total. The molecule has 0 fully saturated rings. The molecule has 5 heteroatoms. The third-order valence-electron chi connectivity index (χ3n) is 2.57. The Hall–Kier alpha value is -2.56. The number of aliphatic carboxylic acids is 1. The summed E-state index contributed by atoms with van der Waals surface area (Å²) >= 11 is 0. The van der Waals surface area contributed by atoms with Crippen molar-refractivity contribution in [3.05, 3.63) is 53.5 Å². The number of anilines is 1. The zero-order valence-electron chi connectivity index (χ0n) is 10.3. The van der Waals surface area contributed by atoms with E-state index in [2.05, 4.69) is 5.32 Å². The maximum Gasteiger partial charge on any atom is 0.307 e. The standard InChI is InChI=1S/C14H13NO4/c1-9-6-7-12(19-9)14(18)15-11-5-3-2-4-10(11)8-13(16)17/h2-7H,8H2,1H3,(H,15,18)(H,16,17). The van der Waals surface area contributed by atoms with Gasteiger partial charge in [0.1, 0.15) is 5.76 Å². The number of carbonyl (C=O) groups excluding carboxylic acids is 1. The molecule has 0 radical (unpaired) electrons. The summed E-state index contributed by atoms with van der Waals surface area (Å²) in [5, 5.41) is 11.5. The predicted octanol–water partition coefficient (Wildman–Crippen LogP) is 2.47. The number of nitrogens with one attached hydrogen (secondary N) is 1. The van der Waals surface area contributed by atoms with Crippen molar-refractivity contribution < 1.29 is 19.1 Å². The quantitative estimate of drug-likeness (QED) is 0.883. The first kappa shape index (κ1) is 12.9. The lowest BCUT2D eigenvalue weighted by molar-refractivity contribution is -0.136. The molecule has 2 rings (SSSR count). The van der Waals surface area contributed by atoms with Gasteiger partial charge in [-0.3, -0.25) is 9.59 Å². The molecule has 1 heterocycles. The minimum absolute atomic E-state index is 0.145. The molecule has 2 aromatic rings. The van der Waals surface area contributed by atoms with Crippen LogP contribution in [-0.2, 0) is 11.2 Å². The molecule has 0 aliphatic carbocycles. The molecule has 1 aromatic carbocycles. The van der Waals surface area contributed by atoms with E-state index in [0.717, 1.165) is 0 Å². The molecule has 0 bridgehead atoms. The van der Waals surface area contributed by atoms with E-state index in [9.17, 15) is 9.59 Å². The van der Waals surface area contributed by atoms with Gasteiger partial charge in [-0.1, -0.05) is 18.2 Å². The van der Waals surface area contributed by atoms with Crippen LogP contribution in [0.3, 0.4) is 0 Å². The molecule has 0 spiro atoms. The van der Waals surface area contributed by atoms with E-state index < -0.39 is 11.9 Å². The van der Waals surface area contributed by atoms with Crippen LogP contribution in [0.1, 0.15) is 21.9 Å². The number of carbonyl (C=O) groups is 2. The number of benzene rings is 1. The van der Waals surface area contributed by atoms with Crippen LogP contribution in [0.15, 0.2) is 40.8 Å². The Balaban J connectivity index is 2.19. The lowest BCUT2D eigenvalue weighted by Gasteiger charge is -2.08. The Labute approximate surface area is 109 Å². The fraction of sp³-hybridized carbons (Fsp3) is 0.143. The van der Waals surface area contributed by atoms with Crippen molar-refractivity contribution in [2.24, 2.45) is 0 Å². The van der Waals surface area contributed by atoms with Crippen molar-refractivity contribution in [2.45, 2.75) is 13.3 Å². The van der Waals surface area contributed by atoms with E-state index in [1.165, 1.54) is 0 Å². The molecule has 0 atom stereocenters. The lowest BCUT2D eigenvalue weighted by Crippen LogP contribution is -2.13. The Kier molecular flexibility index (Phi) is 3.66. The van der Waals surface area contributed by atoms with Crippen molar-refractivity contribution >= 4 is 17.6 Å². The average Bonchev–Trinajstić information content (AvgIpc) is 2.78. The molecule has 1 aromatic heterocycles. The predicted molar refractivity (Wildman–Crippen MR) is 69.2 cm³/mol. The molecule has 0 unspecified atom stereocenters. The Morgan fingerprint density at radius 2 is 1.95 bits per heavy atom. The first-order valence-corrected chi connectivity index (χ1v) is 5.74. The van der Waals surface area contributed by atoms with Crippen LogP contribution in [0, 0.1) is 6.92 Å². The van der Waals surface area contributed by atoms with Crippen LogP contribution in [0.5, 0.6) is 0 Å². The number of rotatable bonds is 4. The molecule has 19 heavy (non-hydrogen) atoms. The van der Waals surface area contributed by atoms with Crippen LogP contribution in [0.25, 0.3) is 0 Å². The van der Waals surface area contributed by atoms with E-state index in [4.69, 9.17) is 9.52 Å². The van der Waals surface area contributed by atoms with E-state index in [0.29, 0.717) is 17.0 Å². The molecule has 2 N–H and O–H groups in total. The maximum absolute atomic E-state index is 11.9. The number of carboxylic acid groups (broad SMARTS) is 1. The number of hydrogen-bond donors (Lipinski definition) is 2. The van der Waals surface area contributed by atoms with Crippen LogP contribution in [-0.4, -0.2) is 17.0 Å². The molecule has 0 aliphatic heterocycles. The minimum Gasteiger partial charge on any atom is -0.481 e. The number of hydrogen-bond acceptors (Lipinski definition) is 3. The molecule has 0 saturated heterocycles. The van der Waals surface area contributed by atoms with Gasteiger partial charge in [0.15, 0.2) is 5.76 Å². The van der Waals surface area contributed by atoms with Crippen molar-refractivity contribution in [2.75, 3.05) is 5.32 Å². The number of amides is 1. The third kappa shape index (κ3) is 3.22. The van der Waals surface area contributed by atoms with Crippen LogP contribution >= 0.6 is 0 Å². The monoisotopic (exact) mass is 259 g/mol. The SMILES string of the molecule is Cc1ccc(C(=O)Nc2ccccc2CC(=O)O)o1. The topological polar surface area (TPSA) is 79.5 Å². The van der Waals surface area contributed by atoms with Gasteiger partial charge >= 0.3 is 5.97 Å². The highest BCUT2D eigenvalue weighted by Gasteiger charge is 2.13. The van der Waals surface area contributed by atoms with Gasteiger partial charge < -0.3 is 14.8 Å². The van der Waals surface area contributed by atoms with Crippen LogP contribution in [0.4, 0.5) is 5.69 Å². The van der Waals surface area contributed by atoms with Gasteiger partial charge in [0, 0.05) is 5.69 Å². The molecule has 0 aliphatic rings. The van der Waals surface area contributed by atoms with Gasteiger partial charge in [-0.2, -0.15) is 0 Å². The van der Waals surface area contributed by atoms with Gasteiger partial charge in [-0.25, -0.2) is 0 Å². The Bertz CT molecular complexity index is 615. The summed E-state index contributed by atoms with van der Waals surface area (Å²) in [7, 11) is 0. The molecule has 0 saturated carbocycles. The summed E-state index contributed by atoms with van der Waals surface area (Å²) in [6, 6.07) is 10.0. The number of furan rings is 1. The summed E-state index contributed by atoms with van der Waals surface area (Å²) in [5.74, 6) is -0.506. The third-order valence-corrected chi connectivity index (χ3v) is 2.57. The van der Waals surface area contributed by atoms with E-state index in [1.807, 2.05) is 0 Å². The Morgan fingerprint density at radius 3 is 2.58 bits per heavy atom. The summed E-state index contributed by atoms with van der Waals surface area (Å²) < 4.78 is 5.21. The fourth-order valence-corrected chi connectivity index (χ4v) is 1.70. The van der Waals surface area contributed by atoms with Crippen molar-refractivity contribution in [3.8, 4) is 0 Å². The van der Waals surface area contributed by atoms with Gasteiger partial charge in [-0.15, -0.1) is 0 Å². The van der Waals surface area contributed by atoms with Crippen molar-refractivity contribution in [3.63, 3.8) is 0 Å². The van der Waals surface area contributed by atoms with Crippen LogP contribution in [0.2, 0.25) is 0 Å². The van der Waals surface area contributed by atoms with Gasteiger partial charge in [-0.05, 0) is 30.7 Å². The normalized spacial score (nSPS) is 10.2.